The second-order valence-corrected chi connectivity index (χ2v) is 9.52. The Hall–Kier alpha value is -4.63. The van der Waals surface area contributed by atoms with Crippen LogP contribution in [0.3, 0.4) is 0 Å². The molecule has 2 aliphatic carbocycles. The fourth-order valence-electron chi connectivity index (χ4n) is 6.52. The Morgan fingerprint density at radius 1 is 0.568 bits per heavy atom. The van der Waals surface area contributed by atoms with E-state index < -0.39 is 5.41 Å². The molecule has 0 saturated heterocycles. The summed E-state index contributed by atoms with van der Waals surface area (Å²) in [7, 11) is 3.15. The molecule has 0 fully saturated rings. The number of fused-ring (bicyclic) bond motifs is 10. The lowest BCUT2D eigenvalue weighted by Gasteiger charge is -2.30. The summed E-state index contributed by atoms with van der Waals surface area (Å²) in [6.45, 7) is 0. The molecule has 178 valence electrons. The second kappa shape index (κ2) is 7.94. The summed E-state index contributed by atoms with van der Waals surface area (Å²) < 4.78 is 10.9. The highest BCUT2D eigenvalue weighted by molar-refractivity contribution is 6.04. The van der Waals surface area contributed by atoms with Gasteiger partial charge in [-0.3, -0.25) is 0 Å². The van der Waals surface area contributed by atoms with Crippen LogP contribution in [0.4, 0.5) is 0 Å². The van der Waals surface area contributed by atoms with Gasteiger partial charge in [-0.05, 0) is 73.8 Å². The van der Waals surface area contributed by atoms with Gasteiger partial charge in [0.1, 0.15) is 5.75 Å². The molecule has 0 amide bonds. The molecule has 7 rings (SSSR count). The van der Waals surface area contributed by atoms with Crippen molar-refractivity contribution in [2.24, 2.45) is 0 Å². The first-order chi connectivity index (χ1) is 18.2. The molecule has 0 saturated carbocycles. The van der Waals surface area contributed by atoms with Crippen LogP contribution in [0, 0.1) is 0 Å². The summed E-state index contributed by atoms with van der Waals surface area (Å²) in [5.74, 6) is 0.500. The minimum Gasteiger partial charge on any atom is -0.497 e. The number of benzene rings is 5. The first kappa shape index (κ1) is 21.6. The average Bonchev–Trinajstić information content (AvgIpc) is 3.43. The van der Waals surface area contributed by atoms with E-state index in [1.807, 2.05) is 30.3 Å². The van der Waals surface area contributed by atoms with E-state index in [4.69, 9.17) is 9.47 Å². The Labute approximate surface area is 215 Å². The van der Waals surface area contributed by atoms with E-state index in [-0.39, 0.29) is 5.97 Å². The molecule has 5 aromatic rings. The molecule has 1 unspecified atom stereocenters. The molecule has 3 heteroatoms. The highest BCUT2D eigenvalue weighted by Crippen LogP contribution is 2.64. The molecular weight excluding hydrogens is 456 g/mol. The van der Waals surface area contributed by atoms with Crippen molar-refractivity contribution < 1.29 is 14.3 Å². The van der Waals surface area contributed by atoms with Crippen molar-refractivity contribution in [1.29, 1.82) is 0 Å². The maximum Gasteiger partial charge on any atom is 0.338 e. The molecule has 0 aromatic heterocycles. The third-order valence-electron chi connectivity index (χ3n) is 7.94. The minimum absolute atomic E-state index is 0.338. The van der Waals surface area contributed by atoms with E-state index in [0.29, 0.717) is 5.56 Å². The quantitative estimate of drug-likeness (QED) is 0.246. The predicted molar refractivity (Wildman–Crippen MR) is 146 cm³/mol. The Kier molecular flexibility index (Phi) is 4.64. The highest BCUT2D eigenvalue weighted by atomic mass is 16.5. The Bertz CT molecular complexity index is 1730. The lowest BCUT2D eigenvalue weighted by atomic mass is 9.70. The van der Waals surface area contributed by atoms with Crippen LogP contribution in [0.1, 0.15) is 32.6 Å². The summed E-state index contributed by atoms with van der Waals surface area (Å²) >= 11 is 0. The molecule has 0 heterocycles. The van der Waals surface area contributed by atoms with Crippen LogP contribution in [0.15, 0.2) is 109 Å². The van der Waals surface area contributed by atoms with Crippen molar-refractivity contribution in [1.82, 2.24) is 0 Å². The number of esters is 1. The van der Waals surface area contributed by atoms with Gasteiger partial charge in [0.05, 0.1) is 25.2 Å². The van der Waals surface area contributed by atoms with Gasteiger partial charge in [0.15, 0.2) is 0 Å². The summed E-state index contributed by atoms with van der Waals surface area (Å²) in [5.41, 5.74) is 11.7. The van der Waals surface area contributed by atoms with Crippen molar-refractivity contribution in [3.8, 4) is 39.1 Å². The maximum absolute atomic E-state index is 12.8. The first-order valence-corrected chi connectivity index (χ1v) is 12.4. The van der Waals surface area contributed by atoms with Crippen molar-refractivity contribution in [2.45, 2.75) is 5.41 Å². The molecule has 5 aromatic carbocycles. The zero-order valence-electron chi connectivity index (χ0n) is 20.6. The number of methoxy groups -OCH3 is 2. The van der Waals surface area contributed by atoms with Crippen LogP contribution in [0.2, 0.25) is 0 Å². The van der Waals surface area contributed by atoms with Gasteiger partial charge >= 0.3 is 5.97 Å². The van der Waals surface area contributed by atoms with Gasteiger partial charge in [0.2, 0.25) is 0 Å². The third kappa shape index (κ3) is 2.74. The standard InChI is InChI=1S/C34H24O3/c1-36-21-18-19-24-23-11-5-7-15-28(23)34(31(24)20-21)29-16-8-6-13-27(29)32-25(14-9-17-30(32)34)22-10-3-4-12-26(22)33(35)37-2/h3-20H,1-2H3. The third-order valence-corrected chi connectivity index (χ3v) is 7.94. The smallest absolute Gasteiger partial charge is 0.338 e. The molecule has 3 nitrogen and oxygen atoms in total. The van der Waals surface area contributed by atoms with Crippen LogP contribution in [-0.2, 0) is 10.2 Å². The number of hydrogen-bond acceptors (Lipinski definition) is 3. The van der Waals surface area contributed by atoms with Crippen LogP contribution >= 0.6 is 0 Å². The highest BCUT2D eigenvalue weighted by Gasteiger charge is 2.52. The van der Waals surface area contributed by atoms with Gasteiger partial charge in [0, 0.05) is 0 Å². The van der Waals surface area contributed by atoms with Gasteiger partial charge in [-0.15, -0.1) is 0 Å². The van der Waals surface area contributed by atoms with Crippen LogP contribution in [0.5, 0.6) is 5.75 Å². The molecule has 37 heavy (non-hydrogen) atoms. The number of hydrogen-bond donors (Lipinski definition) is 0. The lowest BCUT2D eigenvalue weighted by Crippen LogP contribution is -2.25. The predicted octanol–water partition coefficient (Wildman–Crippen LogP) is 7.49. The molecule has 0 N–H and O–H groups in total. The summed E-state index contributed by atoms with van der Waals surface area (Å²) in [6, 6.07) is 37.9. The SMILES string of the molecule is COC(=O)c1ccccc1-c1cccc2c1-c1ccccc1C21c2ccccc2-c2ccc(OC)cc21. The van der Waals surface area contributed by atoms with Gasteiger partial charge in [0.25, 0.3) is 0 Å². The van der Waals surface area contributed by atoms with E-state index in [9.17, 15) is 4.79 Å². The first-order valence-electron chi connectivity index (χ1n) is 12.4. The van der Waals surface area contributed by atoms with Gasteiger partial charge in [-0.25, -0.2) is 4.79 Å². The molecule has 1 atom stereocenters. The van der Waals surface area contributed by atoms with Crippen molar-refractivity contribution in [3.05, 3.63) is 137 Å². The summed E-state index contributed by atoms with van der Waals surface area (Å²) in [6.07, 6.45) is 0. The Morgan fingerprint density at radius 2 is 1.16 bits per heavy atom. The normalized spacial score (nSPS) is 16.1. The fourth-order valence-corrected chi connectivity index (χ4v) is 6.52. The van der Waals surface area contributed by atoms with E-state index in [1.165, 1.54) is 46.1 Å². The number of carbonyl (C=O) groups excluding carboxylic acids is 1. The Balaban J connectivity index is 1.64. The largest absolute Gasteiger partial charge is 0.497 e. The molecule has 2 aliphatic rings. The van der Waals surface area contributed by atoms with Crippen LogP contribution < -0.4 is 4.74 Å². The molecular formula is C34H24O3. The van der Waals surface area contributed by atoms with E-state index >= 15 is 0 Å². The Morgan fingerprint density at radius 3 is 1.92 bits per heavy atom. The topological polar surface area (TPSA) is 35.5 Å². The number of ether oxygens (including phenoxy) is 2. The molecule has 0 aliphatic heterocycles. The van der Waals surface area contributed by atoms with Gasteiger partial charge in [-0.1, -0.05) is 91.0 Å². The van der Waals surface area contributed by atoms with Crippen LogP contribution in [0.25, 0.3) is 33.4 Å². The zero-order valence-corrected chi connectivity index (χ0v) is 20.6. The zero-order chi connectivity index (χ0) is 25.1. The molecule has 0 radical (unpaired) electrons. The number of rotatable bonds is 3. The fraction of sp³-hybridized carbons (Fsp3) is 0.0882. The van der Waals surface area contributed by atoms with Crippen LogP contribution in [-0.4, -0.2) is 20.2 Å². The minimum atomic E-state index is -0.484. The summed E-state index contributed by atoms with van der Waals surface area (Å²) in [4.78, 5) is 12.8. The molecule has 1 spiro atoms. The average molecular weight is 481 g/mol. The second-order valence-electron chi connectivity index (χ2n) is 9.52. The molecule has 0 bridgehead atoms. The number of carbonyl (C=O) groups is 1. The van der Waals surface area contributed by atoms with E-state index in [2.05, 4.69) is 78.9 Å². The monoisotopic (exact) mass is 480 g/mol. The van der Waals surface area contributed by atoms with Gasteiger partial charge in [-0.2, -0.15) is 0 Å². The van der Waals surface area contributed by atoms with Crippen molar-refractivity contribution in [2.75, 3.05) is 14.2 Å². The van der Waals surface area contributed by atoms with Crippen molar-refractivity contribution >= 4 is 5.97 Å². The van der Waals surface area contributed by atoms with Gasteiger partial charge < -0.3 is 9.47 Å². The van der Waals surface area contributed by atoms with E-state index in [0.717, 1.165) is 22.4 Å². The lowest BCUT2D eigenvalue weighted by molar-refractivity contribution is 0.0601. The van der Waals surface area contributed by atoms with Crippen molar-refractivity contribution in [3.63, 3.8) is 0 Å². The summed E-state index contributed by atoms with van der Waals surface area (Å²) in [5, 5.41) is 0. The van der Waals surface area contributed by atoms with E-state index in [1.54, 1.807) is 7.11 Å². The maximum atomic E-state index is 12.8.